The van der Waals surface area contributed by atoms with Gasteiger partial charge in [-0.1, -0.05) is 48.5 Å². The highest BCUT2D eigenvalue weighted by Gasteiger charge is 2.30. The van der Waals surface area contributed by atoms with Crippen LogP contribution in [0.1, 0.15) is 22.7 Å². The van der Waals surface area contributed by atoms with Crippen LogP contribution < -0.4 is 0 Å². The van der Waals surface area contributed by atoms with Gasteiger partial charge in [-0.15, -0.1) is 0 Å². The minimum Gasteiger partial charge on any atom is -0.448 e. The van der Waals surface area contributed by atoms with Gasteiger partial charge in [-0.05, 0) is 50.3 Å². The minimum atomic E-state index is -0.218. The Morgan fingerprint density at radius 3 is 2.31 bits per heavy atom. The number of nitrogens with zero attached hydrogens (tertiary/aromatic N) is 4. The molecule has 0 unspecified atom stereocenters. The van der Waals surface area contributed by atoms with E-state index in [1.165, 1.54) is 27.9 Å². The standard InChI is InChI=1S/C28H27BrN4O2/c1-31-19(16-24-26(29)10-11-30-27(24)31)17-32-12-14-33(15-13-32)28(34)35-18-25-22-8-4-2-6-20(22)21-7-3-5-9-23(21)25/h2-11,16,25H,12-15,17-18H2,1H3. The van der Waals surface area contributed by atoms with Gasteiger partial charge in [-0.3, -0.25) is 4.90 Å². The van der Waals surface area contributed by atoms with Crippen molar-refractivity contribution in [3.8, 4) is 11.1 Å². The molecule has 1 aliphatic heterocycles. The number of halogens is 1. The summed E-state index contributed by atoms with van der Waals surface area (Å²) in [6.07, 6.45) is 1.60. The SMILES string of the molecule is Cn1c(CN2CCN(C(=O)OCC3c4ccccc4-c4ccccc43)CC2)cc2c(Br)ccnc21. The minimum absolute atomic E-state index is 0.0899. The average molecular weight is 531 g/mol. The number of ether oxygens (including phenoxy) is 1. The topological polar surface area (TPSA) is 50.6 Å². The zero-order valence-corrected chi connectivity index (χ0v) is 21.2. The summed E-state index contributed by atoms with van der Waals surface area (Å²) in [6.45, 7) is 4.18. The Labute approximate surface area is 213 Å². The number of hydrogen-bond acceptors (Lipinski definition) is 4. The molecule has 178 valence electrons. The van der Waals surface area contributed by atoms with E-state index in [9.17, 15) is 4.79 Å². The summed E-state index contributed by atoms with van der Waals surface area (Å²) in [5.74, 6) is 0.0899. The van der Waals surface area contributed by atoms with Gasteiger partial charge in [0, 0.05) is 67.4 Å². The summed E-state index contributed by atoms with van der Waals surface area (Å²) in [4.78, 5) is 21.7. The fourth-order valence-corrected chi connectivity index (χ4v) is 5.80. The van der Waals surface area contributed by atoms with Crippen LogP contribution in [0.3, 0.4) is 0 Å². The number of fused-ring (bicyclic) bond motifs is 4. The number of hydrogen-bond donors (Lipinski definition) is 0. The Morgan fingerprint density at radius 1 is 1.00 bits per heavy atom. The molecule has 0 saturated carbocycles. The van der Waals surface area contributed by atoms with Gasteiger partial charge in [-0.2, -0.15) is 0 Å². The summed E-state index contributed by atoms with van der Waals surface area (Å²) in [5.41, 5.74) is 7.16. The molecule has 2 aromatic heterocycles. The predicted octanol–water partition coefficient (Wildman–Crippen LogP) is 5.40. The lowest BCUT2D eigenvalue weighted by Gasteiger charge is -2.34. The number of piperazine rings is 1. The molecule has 4 aromatic rings. The second-order valence-corrected chi connectivity index (χ2v) is 10.1. The molecule has 1 saturated heterocycles. The average Bonchev–Trinajstić information content (AvgIpc) is 3.38. The van der Waals surface area contributed by atoms with Crippen LogP contribution in [0.15, 0.2) is 71.3 Å². The predicted molar refractivity (Wildman–Crippen MR) is 140 cm³/mol. The number of pyridine rings is 1. The summed E-state index contributed by atoms with van der Waals surface area (Å²) >= 11 is 3.63. The maximum atomic E-state index is 12.9. The highest BCUT2D eigenvalue weighted by atomic mass is 79.9. The summed E-state index contributed by atoms with van der Waals surface area (Å²) in [5, 5.41) is 1.13. The molecule has 2 aromatic carbocycles. The van der Waals surface area contributed by atoms with E-state index in [0.717, 1.165) is 35.1 Å². The molecular weight excluding hydrogens is 504 g/mol. The molecule has 6 nitrogen and oxygen atoms in total. The number of amides is 1. The van der Waals surface area contributed by atoms with Crippen molar-refractivity contribution < 1.29 is 9.53 Å². The maximum Gasteiger partial charge on any atom is 0.409 e. The van der Waals surface area contributed by atoms with Crippen LogP contribution in [-0.4, -0.2) is 58.2 Å². The van der Waals surface area contributed by atoms with Gasteiger partial charge in [0.1, 0.15) is 12.3 Å². The number of aryl methyl sites for hydroxylation is 1. The Morgan fingerprint density at radius 2 is 1.66 bits per heavy atom. The highest BCUT2D eigenvalue weighted by molar-refractivity contribution is 9.10. The summed E-state index contributed by atoms with van der Waals surface area (Å²) < 4.78 is 9.07. The van der Waals surface area contributed by atoms with Crippen LogP contribution in [0.2, 0.25) is 0 Å². The van der Waals surface area contributed by atoms with Crippen LogP contribution in [0.4, 0.5) is 4.79 Å². The zero-order valence-electron chi connectivity index (χ0n) is 19.7. The van der Waals surface area contributed by atoms with Crippen molar-refractivity contribution in [1.29, 1.82) is 0 Å². The van der Waals surface area contributed by atoms with E-state index in [2.05, 4.69) is 92.0 Å². The number of aromatic nitrogens is 2. The van der Waals surface area contributed by atoms with Gasteiger partial charge in [-0.25, -0.2) is 9.78 Å². The van der Waals surface area contributed by atoms with Gasteiger partial charge in [0.05, 0.1) is 0 Å². The molecular formula is C28H27BrN4O2. The Hall–Kier alpha value is -3.16. The first-order valence-corrected chi connectivity index (χ1v) is 12.8. The molecule has 0 atom stereocenters. The highest BCUT2D eigenvalue weighted by Crippen LogP contribution is 2.44. The third-order valence-electron chi connectivity index (χ3n) is 7.33. The number of carbonyl (C=O) groups excluding carboxylic acids is 1. The van der Waals surface area contributed by atoms with E-state index in [0.29, 0.717) is 19.7 Å². The molecule has 1 fully saturated rings. The van der Waals surface area contributed by atoms with Gasteiger partial charge in [0.2, 0.25) is 0 Å². The third kappa shape index (κ3) is 4.02. The lowest BCUT2D eigenvalue weighted by molar-refractivity contribution is 0.0724. The molecule has 0 radical (unpaired) electrons. The number of rotatable bonds is 4. The first kappa shape index (κ1) is 22.3. The van der Waals surface area contributed by atoms with Crippen molar-refractivity contribution in [1.82, 2.24) is 19.4 Å². The van der Waals surface area contributed by atoms with Gasteiger partial charge >= 0.3 is 6.09 Å². The quantitative estimate of drug-likeness (QED) is 0.354. The first-order valence-electron chi connectivity index (χ1n) is 12.0. The third-order valence-corrected chi connectivity index (χ3v) is 8.02. The van der Waals surface area contributed by atoms with E-state index in [1.54, 1.807) is 0 Å². The van der Waals surface area contributed by atoms with Crippen LogP contribution in [0, 0.1) is 0 Å². The molecule has 0 N–H and O–H groups in total. The molecule has 35 heavy (non-hydrogen) atoms. The van der Waals surface area contributed by atoms with E-state index in [-0.39, 0.29) is 12.0 Å². The molecule has 3 heterocycles. The molecule has 0 bridgehead atoms. The van der Waals surface area contributed by atoms with Crippen molar-refractivity contribution >= 4 is 33.1 Å². The normalized spacial score (nSPS) is 15.9. The summed E-state index contributed by atoms with van der Waals surface area (Å²) in [7, 11) is 2.06. The second-order valence-electron chi connectivity index (χ2n) is 9.29. The summed E-state index contributed by atoms with van der Waals surface area (Å²) in [6, 6.07) is 21.0. The number of benzene rings is 2. The van der Waals surface area contributed by atoms with Crippen LogP contribution in [0.25, 0.3) is 22.2 Å². The molecule has 6 rings (SSSR count). The zero-order chi connectivity index (χ0) is 23.9. The molecule has 2 aliphatic rings. The smallest absolute Gasteiger partial charge is 0.409 e. The molecule has 7 heteroatoms. The lowest BCUT2D eigenvalue weighted by Crippen LogP contribution is -2.48. The Balaban J connectivity index is 1.07. The van der Waals surface area contributed by atoms with Gasteiger partial charge < -0.3 is 14.2 Å². The lowest BCUT2D eigenvalue weighted by atomic mass is 9.98. The monoisotopic (exact) mass is 530 g/mol. The van der Waals surface area contributed by atoms with E-state index in [4.69, 9.17) is 4.74 Å². The fraction of sp³-hybridized carbons (Fsp3) is 0.286. The largest absolute Gasteiger partial charge is 0.448 e. The Bertz CT molecular complexity index is 1360. The van der Waals surface area contributed by atoms with Crippen molar-refractivity contribution in [2.45, 2.75) is 12.5 Å². The van der Waals surface area contributed by atoms with Gasteiger partial charge in [0.15, 0.2) is 0 Å². The van der Waals surface area contributed by atoms with Crippen LogP contribution >= 0.6 is 15.9 Å². The molecule has 1 aliphatic carbocycles. The first-order chi connectivity index (χ1) is 17.1. The Kier molecular flexibility index (Phi) is 5.82. The van der Waals surface area contributed by atoms with E-state index >= 15 is 0 Å². The second kappa shape index (κ2) is 9.13. The van der Waals surface area contributed by atoms with Crippen molar-refractivity contribution in [2.75, 3.05) is 32.8 Å². The maximum absolute atomic E-state index is 12.9. The molecule has 1 amide bonds. The van der Waals surface area contributed by atoms with Crippen molar-refractivity contribution in [2.24, 2.45) is 7.05 Å². The van der Waals surface area contributed by atoms with E-state index < -0.39 is 0 Å². The van der Waals surface area contributed by atoms with Gasteiger partial charge in [0.25, 0.3) is 0 Å². The molecule has 0 spiro atoms. The van der Waals surface area contributed by atoms with Crippen LogP contribution in [0.5, 0.6) is 0 Å². The van der Waals surface area contributed by atoms with E-state index in [1.807, 2.05) is 17.2 Å². The fourth-order valence-electron chi connectivity index (χ4n) is 5.39. The van der Waals surface area contributed by atoms with Crippen LogP contribution in [-0.2, 0) is 18.3 Å². The van der Waals surface area contributed by atoms with Crippen molar-refractivity contribution in [3.05, 3.63) is 88.2 Å². The number of carbonyl (C=O) groups is 1. The van der Waals surface area contributed by atoms with Crippen molar-refractivity contribution in [3.63, 3.8) is 0 Å².